The molecule has 4 rings (SSSR count). The largest absolute Gasteiger partial charge is 0.497 e. The van der Waals surface area contributed by atoms with Gasteiger partial charge in [0.05, 0.1) is 26.3 Å². The molecule has 10 heteroatoms. The second-order valence-corrected chi connectivity index (χ2v) is 8.45. The number of hydrogen-bond acceptors (Lipinski definition) is 7. The molecule has 1 aromatic heterocycles. The number of rotatable bonds is 8. The summed E-state index contributed by atoms with van der Waals surface area (Å²) < 4.78 is 16.5. The number of carbonyl (C=O) groups is 1. The van der Waals surface area contributed by atoms with Gasteiger partial charge in [0.25, 0.3) is 11.5 Å². The van der Waals surface area contributed by atoms with Crippen molar-refractivity contribution in [1.82, 2.24) is 20.6 Å². The van der Waals surface area contributed by atoms with E-state index >= 15 is 0 Å². The number of carbonyl (C=O) groups excluding carboxylic acids is 1. The van der Waals surface area contributed by atoms with Gasteiger partial charge < -0.3 is 24.5 Å². The maximum Gasteiger partial charge on any atom is 0.262 e. The summed E-state index contributed by atoms with van der Waals surface area (Å²) in [4.78, 5) is 32.4. The molecule has 0 aliphatic carbocycles. The fraction of sp³-hybridized carbons (Fsp3) is 0.185. The summed E-state index contributed by atoms with van der Waals surface area (Å²) in [6.45, 7) is 2.63. The monoisotopic (exact) mass is 518 g/mol. The minimum Gasteiger partial charge on any atom is -0.497 e. The van der Waals surface area contributed by atoms with Crippen LogP contribution in [0.4, 0.5) is 0 Å². The van der Waals surface area contributed by atoms with Gasteiger partial charge in [-0.1, -0.05) is 18.2 Å². The standard InChI is InChI=1S/C27H26N4O5S/c1-16-13-18(24-29-20-14-19(34-2)15-22(35-3)23(20)26(33)30-24)9-10-21(16)36-12-11-28-27(37)31-25(32)17-7-5-4-6-8-17/h4-10,13-15H,11-12H2,1-3H3,(H,29,30,33)(H2,28,31,32,37). The summed E-state index contributed by atoms with van der Waals surface area (Å²) in [5.41, 5.74) is 2.28. The van der Waals surface area contributed by atoms with Crippen LogP contribution in [0, 0.1) is 6.92 Å². The summed E-state index contributed by atoms with van der Waals surface area (Å²) in [5.74, 6) is 1.76. The first-order valence-electron chi connectivity index (χ1n) is 11.4. The van der Waals surface area contributed by atoms with Crippen molar-refractivity contribution >= 4 is 34.1 Å². The van der Waals surface area contributed by atoms with E-state index in [1.54, 1.807) is 43.5 Å². The maximum absolute atomic E-state index is 12.8. The first-order chi connectivity index (χ1) is 17.9. The van der Waals surface area contributed by atoms with E-state index in [1.165, 1.54) is 7.11 Å². The first-order valence-corrected chi connectivity index (χ1v) is 11.8. The van der Waals surface area contributed by atoms with Gasteiger partial charge in [0.2, 0.25) is 0 Å². The van der Waals surface area contributed by atoms with Crippen molar-refractivity contribution in [3.63, 3.8) is 0 Å². The molecule has 0 atom stereocenters. The van der Waals surface area contributed by atoms with Crippen LogP contribution in [0.1, 0.15) is 15.9 Å². The number of amides is 1. The van der Waals surface area contributed by atoms with Crippen LogP contribution in [0.15, 0.2) is 65.5 Å². The van der Waals surface area contributed by atoms with Gasteiger partial charge in [-0.25, -0.2) is 4.98 Å². The van der Waals surface area contributed by atoms with E-state index in [4.69, 9.17) is 26.4 Å². The lowest BCUT2D eigenvalue weighted by Gasteiger charge is -2.13. The van der Waals surface area contributed by atoms with Crippen LogP contribution in [0.5, 0.6) is 17.2 Å². The topological polar surface area (TPSA) is 115 Å². The fourth-order valence-electron chi connectivity index (χ4n) is 3.72. The van der Waals surface area contributed by atoms with Crippen molar-refractivity contribution in [3.8, 4) is 28.6 Å². The molecular weight excluding hydrogens is 492 g/mol. The van der Waals surface area contributed by atoms with Crippen molar-refractivity contribution in [2.45, 2.75) is 6.92 Å². The third-order valence-electron chi connectivity index (χ3n) is 5.56. The van der Waals surface area contributed by atoms with Crippen LogP contribution in [-0.4, -0.2) is 48.4 Å². The molecule has 0 saturated heterocycles. The molecule has 0 aliphatic rings. The summed E-state index contributed by atoms with van der Waals surface area (Å²) in [6, 6.07) is 17.7. The molecule has 0 aliphatic heterocycles. The molecule has 9 nitrogen and oxygen atoms in total. The number of aromatic amines is 1. The Morgan fingerprint density at radius 3 is 2.51 bits per heavy atom. The van der Waals surface area contributed by atoms with E-state index < -0.39 is 0 Å². The molecule has 4 aromatic rings. The average molecular weight is 519 g/mol. The zero-order valence-corrected chi connectivity index (χ0v) is 21.4. The van der Waals surface area contributed by atoms with Crippen LogP contribution >= 0.6 is 12.2 Å². The van der Waals surface area contributed by atoms with E-state index in [1.807, 2.05) is 31.2 Å². The Kier molecular flexibility index (Phi) is 7.99. The highest BCUT2D eigenvalue weighted by Gasteiger charge is 2.14. The van der Waals surface area contributed by atoms with Gasteiger partial charge in [-0.05, 0) is 55.0 Å². The molecule has 0 fully saturated rings. The van der Waals surface area contributed by atoms with Crippen LogP contribution in [0.3, 0.4) is 0 Å². The lowest BCUT2D eigenvalue weighted by molar-refractivity contribution is 0.0976. The van der Waals surface area contributed by atoms with E-state index in [2.05, 4.69) is 20.6 Å². The molecule has 1 amide bonds. The minimum atomic E-state index is -0.307. The second kappa shape index (κ2) is 11.5. The summed E-state index contributed by atoms with van der Waals surface area (Å²) in [5, 5.41) is 6.18. The molecule has 1 heterocycles. The summed E-state index contributed by atoms with van der Waals surface area (Å²) in [7, 11) is 3.04. The lowest BCUT2D eigenvalue weighted by atomic mass is 10.1. The number of ether oxygens (including phenoxy) is 3. The van der Waals surface area contributed by atoms with Crippen LogP contribution < -0.4 is 30.4 Å². The molecule has 0 saturated carbocycles. The number of nitrogens with zero attached hydrogens (tertiary/aromatic N) is 1. The molecule has 3 aromatic carbocycles. The van der Waals surface area contributed by atoms with E-state index in [0.717, 1.165) is 11.1 Å². The zero-order valence-electron chi connectivity index (χ0n) is 20.6. The number of thiocarbonyl (C=S) groups is 1. The second-order valence-electron chi connectivity index (χ2n) is 8.04. The Morgan fingerprint density at radius 1 is 1.03 bits per heavy atom. The van der Waals surface area contributed by atoms with E-state index in [-0.39, 0.29) is 16.6 Å². The first kappa shape index (κ1) is 25.6. The number of methoxy groups -OCH3 is 2. The molecule has 3 N–H and O–H groups in total. The predicted octanol–water partition coefficient (Wildman–Crippen LogP) is 3.60. The van der Waals surface area contributed by atoms with Crippen molar-refractivity contribution in [2.24, 2.45) is 0 Å². The number of fused-ring (bicyclic) bond motifs is 1. The Bertz CT molecular complexity index is 1500. The number of H-pyrrole nitrogens is 1. The van der Waals surface area contributed by atoms with Gasteiger partial charge in [-0.15, -0.1) is 0 Å². The van der Waals surface area contributed by atoms with Crippen molar-refractivity contribution in [1.29, 1.82) is 0 Å². The Morgan fingerprint density at radius 2 is 1.81 bits per heavy atom. The van der Waals surface area contributed by atoms with Gasteiger partial charge in [0.1, 0.15) is 35.1 Å². The van der Waals surface area contributed by atoms with Crippen molar-refractivity contribution in [2.75, 3.05) is 27.4 Å². The van der Waals surface area contributed by atoms with Gasteiger partial charge >= 0.3 is 0 Å². The van der Waals surface area contributed by atoms with Crippen LogP contribution in [0.25, 0.3) is 22.3 Å². The third kappa shape index (κ3) is 6.04. The van der Waals surface area contributed by atoms with Crippen molar-refractivity contribution < 1.29 is 19.0 Å². The van der Waals surface area contributed by atoms with Gasteiger partial charge in [0, 0.05) is 23.3 Å². The number of hydrogen-bond donors (Lipinski definition) is 3. The van der Waals surface area contributed by atoms with Crippen LogP contribution in [0.2, 0.25) is 0 Å². The molecule has 37 heavy (non-hydrogen) atoms. The Hall–Kier alpha value is -4.44. The molecular formula is C27H26N4O5S. The Labute approximate surface area is 218 Å². The van der Waals surface area contributed by atoms with Gasteiger partial charge in [0.15, 0.2) is 5.11 Å². The van der Waals surface area contributed by atoms with Crippen LogP contribution in [-0.2, 0) is 0 Å². The predicted molar refractivity (Wildman–Crippen MR) is 146 cm³/mol. The number of nitrogens with one attached hydrogen (secondary N) is 3. The maximum atomic E-state index is 12.8. The normalized spacial score (nSPS) is 10.6. The SMILES string of the molecule is COc1cc(OC)c2c(=O)[nH]c(-c3ccc(OCCNC(=S)NC(=O)c4ccccc4)c(C)c3)nc2c1. The molecule has 190 valence electrons. The third-order valence-corrected chi connectivity index (χ3v) is 5.80. The molecule has 0 spiro atoms. The van der Waals surface area contributed by atoms with E-state index in [0.29, 0.717) is 52.7 Å². The highest BCUT2D eigenvalue weighted by Crippen LogP contribution is 2.29. The summed E-state index contributed by atoms with van der Waals surface area (Å²) >= 11 is 5.18. The smallest absolute Gasteiger partial charge is 0.262 e. The Balaban J connectivity index is 1.39. The minimum absolute atomic E-state index is 0.226. The highest BCUT2D eigenvalue weighted by atomic mass is 32.1. The zero-order chi connectivity index (χ0) is 26.4. The average Bonchev–Trinajstić information content (AvgIpc) is 2.91. The molecule has 0 bridgehead atoms. The van der Waals surface area contributed by atoms with Crippen molar-refractivity contribution in [3.05, 3.63) is 82.1 Å². The van der Waals surface area contributed by atoms with Gasteiger partial charge in [-0.3, -0.25) is 14.9 Å². The number of benzene rings is 3. The number of aryl methyl sites for hydroxylation is 1. The summed E-state index contributed by atoms with van der Waals surface area (Å²) in [6.07, 6.45) is 0. The highest BCUT2D eigenvalue weighted by molar-refractivity contribution is 7.80. The quantitative estimate of drug-likeness (QED) is 0.240. The molecule has 0 radical (unpaired) electrons. The number of aromatic nitrogens is 2. The van der Waals surface area contributed by atoms with Gasteiger partial charge in [-0.2, -0.15) is 0 Å². The molecule has 0 unspecified atom stereocenters. The van der Waals surface area contributed by atoms with E-state index in [9.17, 15) is 9.59 Å². The fourth-order valence-corrected chi connectivity index (χ4v) is 3.91. The lowest BCUT2D eigenvalue weighted by Crippen LogP contribution is -2.40.